The van der Waals surface area contributed by atoms with Gasteiger partial charge in [-0.3, -0.25) is 4.68 Å². The lowest BCUT2D eigenvalue weighted by Gasteiger charge is -2.03. The molecule has 0 unspecified atom stereocenters. The Bertz CT molecular complexity index is 750. The Morgan fingerprint density at radius 3 is 2.55 bits per heavy atom. The van der Waals surface area contributed by atoms with E-state index in [4.69, 9.17) is 0 Å². The van der Waals surface area contributed by atoms with Gasteiger partial charge in [0.15, 0.2) is 0 Å². The van der Waals surface area contributed by atoms with Gasteiger partial charge in [-0.05, 0) is 57.9 Å². The molecule has 0 amide bonds. The van der Waals surface area contributed by atoms with Gasteiger partial charge in [0.25, 0.3) is 0 Å². The first-order chi connectivity index (χ1) is 9.63. The predicted octanol–water partition coefficient (Wildman–Crippen LogP) is 4.05. The molecule has 100 valence electrons. The average molecular weight is 332 g/mol. The predicted molar refractivity (Wildman–Crippen MR) is 79.5 cm³/mol. The van der Waals surface area contributed by atoms with Crippen molar-refractivity contribution in [3.05, 3.63) is 59.2 Å². The van der Waals surface area contributed by atoms with Crippen LogP contribution in [0.15, 0.2) is 53.4 Å². The van der Waals surface area contributed by atoms with Crippen LogP contribution < -0.4 is 0 Å². The lowest BCUT2D eigenvalue weighted by Crippen LogP contribution is -1.88. The number of rotatable bonds is 2. The zero-order chi connectivity index (χ0) is 14.1. The quantitative estimate of drug-likeness (QED) is 0.663. The highest BCUT2D eigenvalue weighted by molar-refractivity contribution is 9.10. The third-order valence-corrected chi connectivity index (χ3v) is 3.42. The Morgan fingerprint density at radius 2 is 1.85 bits per heavy atom. The second kappa shape index (κ2) is 5.17. The van der Waals surface area contributed by atoms with Crippen LogP contribution in [-0.4, -0.2) is 14.8 Å². The Labute approximate surface area is 124 Å². The Hall–Kier alpha value is -2.01. The zero-order valence-corrected chi connectivity index (χ0v) is 12.3. The minimum Gasteiger partial charge on any atom is -0.275 e. The summed E-state index contributed by atoms with van der Waals surface area (Å²) in [6, 6.07) is 10.2. The summed E-state index contributed by atoms with van der Waals surface area (Å²) < 4.78 is 15.6. The van der Waals surface area contributed by atoms with Crippen molar-refractivity contribution in [2.45, 2.75) is 0 Å². The van der Waals surface area contributed by atoms with Crippen molar-refractivity contribution >= 4 is 15.9 Å². The van der Waals surface area contributed by atoms with Crippen molar-refractivity contribution < 1.29 is 4.39 Å². The van der Waals surface area contributed by atoms with E-state index in [1.54, 1.807) is 23.0 Å². The molecule has 3 rings (SSSR count). The van der Waals surface area contributed by atoms with Gasteiger partial charge < -0.3 is 0 Å². The van der Waals surface area contributed by atoms with Gasteiger partial charge in [0.05, 0.1) is 0 Å². The van der Waals surface area contributed by atoms with E-state index in [0.717, 1.165) is 27.0 Å². The van der Waals surface area contributed by atoms with Crippen LogP contribution in [0.3, 0.4) is 0 Å². The maximum Gasteiger partial charge on any atom is 0.123 e. The third-order valence-electron chi connectivity index (χ3n) is 2.98. The highest BCUT2D eigenvalue weighted by Gasteiger charge is 2.12. The molecule has 5 heteroatoms. The fourth-order valence-electron chi connectivity index (χ4n) is 2.09. The molecule has 1 aromatic carbocycles. The second-order valence-corrected chi connectivity index (χ2v) is 5.25. The maximum absolute atomic E-state index is 13.0. The first kappa shape index (κ1) is 13.0. The Morgan fingerprint density at radius 1 is 1.10 bits per heavy atom. The van der Waals surface area contributed by atoms with Gasteiger partial charge in [0.1, 0.15) is 16.1 Å². The number of aryl methyl sites for hydroxylation is 1. The van der Waals surface area contributed by atoms with Gasteiger partial charge in [-0.2, -0.15) is 5.10 Å². The van der Waals surface area contributed by atoms with Crippen molar-refractivity contribution in [3.8, 4) is 22.4 Å². The highest BCUT2D eigenvalue weighted by Crippen LogP contribution is 2.31. The monoisotopic (exact) mass is 331 g/mol. The molecule has 2 aromatic heterocycles. The smallest absolute Gasteiger partial charge is 0.123 e. The van der Waals surface area contributed by atoms with Crippen LogP contribution in [-0.2, 0) is 7.05 Å². The van der Waals surface area contributed by atoms with E-state index in [9.17, 15) is 4.39 Å². The molecular formula is C15H11BrFN3. The summed E-state index contributed by atoms with van der Waals surface area (Å²) in [7, 11) is 1.87. The first-order valence-electron chi connectivity index (χ1n) is 6.05. The number of pyridine rings is 1. The molecule has 3 aromatic rings. The standard InChI is InChI=1S/C15H11BrFN3/c1-20-9-13(11-6-7-18-14(16)8-11)15(19-20)10-2-4-12(17)5-3-10/h2-9H,1H3. The van der Waals surface area contributed by atoms with Crippen molar-refractivity contribution in [2.24, 2.45) is 7.05 Å². The molecule has 0 saturated carbocycles. The maximum atomic E-state index is 13.0. The van der Waals surface area contributed by atoms with Crippen LogP contribution in [0.5, 0.6) is 0 Å². The normalized spacial score (nSPS) is 10.8. The lowest BCUT2D eigenvalue weighted by molar-refractivity contribution is 0.628. The number of aromatic nitrogens is 3. The molecule has 0 radical (unpaired) electrons. The summed E-state index contributed by atoms with van der Waals surface area (Å²) in [4.78, 5) is 4.13. The minimum absolute atomic E-state index is 0.252. The summed E-state index contributed by atoms with van der Waals surface area (Å²) in [6.45, 7) is 0. The van der Waals surface area contributed by atoms with Crippen molar-refractivity contribution in [1.82, 2.24) is 14.8 Å². The van der Waals surface area contributed by atoms with E-state index in [1.165, 1.54) is 12.1 Å². The molecule has 0 N–H and O–H groups in total. The molecule has 20 heavy (non-hydrogen) atoms. The Kier molecular flexibility index (Phi) is 3.36. The molecule has 3 nitrogen and oxygen atoms in total. The van der Waals surface area contributed by atoms with E-state index in [0.29, 0.717) is 0 Å². The molecule has 0 aliphatic rings. The minimum atomic E-state index is -0.252. The van der Waals surface area contributed by atoms with Crippen LogP contribution in [0.2, 0.25) is 0 Å². The summed E-state index contributed by atoms with van der Waals surface area (Å²) in [5.74, 6) is -0.252. The van der Waals surface area contributed by atoms with Crippen LogP contribution in [0.25, 0.3) is 22.4 Å². The average Bonchev–Trinajstić information content (AvgIpc) is 2.82. The third kappa shape index (κ3) is 2.49. The van der Waals surface area contributed by atoms with Crippen LogP contribution in [0.1, 0.15) is 0 Å². The molecule has 0 aliphatic heterocycles. The molecule has 0 fully saturated rings. The zero-order valence-electron chi connectivity index (χ0n) is 10.7. The Balaban J connectivity index is 2.15. The number of hydrogen-bond acceptors (Lipinski definition) is 2. The largest absolute Gasteiger partial charge is 0.275 e. The number of halogens is 2. The molecule has 0 bridgehead atoms. The van der Waals surface area contributed by atoms with Crippen LogP contribution in [0.4, 0.5) is 4.39 Å². The van der Waals surface area contributed by atoms with Gasteiger partial charge in [0, 0.05) is 30.6 Å². The SMILES string of the molecule is Cn1cc(-c2ccnc(Br)c2)c(-c2ccc(F)cc2)n1. The number of nitrogens with zero attached hydrogens (tertiary/aromatic N) is 3. The van der Waals surface area contributed by atoms with Gasteiger partial charge in [-0.1, -0.05) is 0 Å². The molecule has 2 heterocycles. The number of benzene rings is 1. The fourth-order valence-corrected chi connectivity index (χ4v) is 2.46. The number of hydrogen-bond donors (Lipinski definition) is 0. The molecule has 0 spiro atoms. The fraction of sp³-hybridized carbons (Fsp3) is 0.0667. The van der Waals surface area contributed by atoms with Gasteiger partial charge >= 0.3 is 0 Å². The van der Waals surface area contributed by atoms with Crippen LogP contribution in [0, 0.1) is 5.82 Å². The molecule has 0 saturated heterocycles. The van der Waals surface area contributed by atoms with Crippen molar-refractivity contribution in [2.75, 3.05) is 0 Å². The van der Waals surface area contributed by atoms with E-state index < -0.39 is 0 Å². The molecule has 0 atom stereocenters. The van der Waals surface area contributed by atoms with E-state index in [-0.39, 0.29) is 5.82 Å². The summed E-state index contributed by atoms with van der Waals surface area (Å²) in [5, 5.41) is 4.48. The van der Waals surface area contributed by atoms with Gasteiger partial charge in [0.2, 0.25) is 0 Å². The van der Waals surface area contributed by atoms with Gasteiger partial charge in [-0.25, -0.2) is 9.37 Å². The summed E-state index contributed by atoms with van der Waals surface area (Å²) in [6.07, 6.45) is 3.68. The summed E-state index contributed by atoms with van der Waals surface area (Å²) >= 11 is 3.37. The highest BCUT2D eigenvalue weighted by atomic mass is 79.9. The molecule has 0 aliphatic carbocycles. The van der Waals surface area contributed by atoms with Gasteiger partial charge in [-0.15, -0.1) is 0 Å². The molecular weight excluding hydrogens is 321 g/mol. The van der Waals surface area contributed by atoms with Crippen molar-refractivity contribution in [1.29, 1.82) is 0 Å². The van der Waals surface area contributed by atoms with E-state index in [1.807, 2.05) is 25.4 Å². The van der Waals surface area contributed by atoms with E-state index in [2.05, 4.69) is 26.0 Å². The van der Waals surface area contributed by atoms with Crippen LogP contribution >= 0.6 is 15.9 Å². The second-order valence-electron chi connectivity index (χ2n) is 4.44. The van der Waals surface area contributed by atoms with Crippen molar-refractivity contribution in [3.63, 3.8) is 0 Å². The first-order valence-corrected chi connectivity index (χ1v) is 6.84. The van der Waals surface area contributed by atoms with E-state index >= 15 is 0 Å². The summed E-state index contributed by atoms with van der Waals surface area (Å²) in [5.41, 5.74) is 3.71. The topological polar surface area (TPSA) is 30.7 Å². The lowest BCUT2D eigenvalue weighted by atomic mass is 10.0.